The molecule has 1 aliphatic carbocycles. The van der Waals surface area contributed by atoms with Crippen molar-refractivity contribution in [2.75, 3.05) is 32.8 Å². The molecular formula is C21H29ClN2O3. The lowest BCUT2D eigenvalue weighted by atomic mass is 9.79. The van der Waals surface area contributed by atoms with Gasteiger partial charge in [0.2, 0.25) is 5.91 Å². The largest absolute Gasteiger partial charge is 0.379 e. The van der Waals surface area contributed by atoms with Crippen LogP contribution in [0.2, 0.25) is 5.02 Å². The van der Waals surface area contributed by atoms with Gasteiger partial charge in [0, 0.05) is 48.6 Å². The van der Waals surface area contributed by atoms with E-state index in [0.29, 0.717) is 17.1 Å². The lowest BCUT2D eigenvalue weighted by Crippen LogP contribution is -2.59. The van der Waals surface area contributed by atoms with Crippen LogP contribution in [0.4, 0.5) is 0 Å². The first kappa shape index (κ1) is 20.3. The minimum atomic E-state index is -0.0458. The molecule has 1 aliphatic heterocycles. The normalized spacial score (nSPS) is 20.2. The first-order chi connectivity index (χ1) is 13.1. The molecule has 1 saturated carbocycles. The molecule has 0 unspecified atom stereocenters. The van der Waals surface area contributed by atoms with E-state index in [1.807, 2.05) is 0 Å². The van der Waals surface area contributed by atoms with Gasteiger partial charge in [-0.15, -0.1) is 0 Å². The molecule has 1 aromatic rings. The maximum Gasteiger partial charge on any atom is 0.220 e. The molecule has 0 spiro atoms. The van der Waals surface area contributed by atoms with Crippen LogP contribution in [0.15, 0.2) is 24.3 Å². The molecule has 1 N–H and O–H groups in total. The van der Waals surface area contributed by atoms with E-state index in [1.54, 1.807) is 24.3 Å². The number of ether oxygens (including phenoxy) is 1. The van der Waals surface area contributed by atoms with Crippen molar-refractivity contribution in [3.8, 4) is 0 Å². The van der Waals surface area contributed by atoms with Crippen molar-refractivity contribution in [2.24, 2.45) is 0 Å². The fourth-order valence-electron chi connectivity index (χ4n) is 4.21. The molecule has 148 valence electrons. The van der Waals surface area contributed by atoms with Gasteiger partial charge in [0.05, 0.1) is 13.2 Å². The Morgan fingerprint density at radius 3 is 2.37 bits per heavy atom. The van der Waals surface area contributed by atoms with Gasteiger partial charge in [0.15, 0.2) is 5.78 Å². The summed E-state index contributed by atoms with van der Waals surface area (Å²) >= 11 is 5.85. The summed E-state index contributed by atoms with van der Waals surface area (Å²) in [6.45, 7) is 4.08. The molecule has 6 heteroatoms. The molecule has 3 rings (SSSR count). The van der Waals surface area contributed by atoms with Crippen LogP contribution in [0.5, 0.6) is 0 Å². The van der Waals surface area contributed by atoms with Gasteiger partial charge in [-0.05, 0) is 37.1 Å². The average Bonchev–Trinajstić information content (AvgIpc) is 2.72. The quantitative estimate of drug-likeness (QED) is 0.722. The number of carbonyl (C=O) groups excluding carboxylic acids is 2. The van der Waals surface area contributed by atoms with Crippen molar-refractivity contribution in [3.63, 3.8) is 0 Å². The second-order valence-corrected chi connectivity index (χ2v) is 8.03. The summed E-state index contributed by atoms with van der Waals surface area (Å²) in [7, 11) is 0. The zero-order valence-electron chi connectivity index (χ0n) is 15.8. The third-order valence-corrected chi connectivity index (χ3v) is 6.08. The van der Waals surface area contributed by atoms with Crippen LogP contribution in [-0.2, 0) is 9.53 Å². The number of amides is 1. The van der Waals surface area contributed by atoms with Crippen LogP contribution in [0.1, 0.15) is 55.3 Å². The van der Waals surface area contributed by atoms with Gasteiger partial charge in [-0.1, -0.05) is 30.9 Å². The topological polar surface area (TPSA) is 58.6 Å². The Morgan fingerprint density at radius 2 is 1.70 bits per heavy atom. The average molecular weight is 393 g/mol. The van der Waals surface area contributed by atoms with E-state index < -0.39 is 0 Å². The van der Waals surface area contributed by atoms with Gasteiger partial charge in [0.1, 0.15) is 0 Å². The molecule has 1 heterocycles. The molecule has 0 aromatic heterocycles. The first-order valence-corrected chi connectivity index (χ1v) is 10.4. The summed E-state index contributed by atoms with van der Waals surface area (Å²) in [5, 5.41) is 3.71. The van der Waals surface area contributed by atoms with Crippen molar-refractivity contribution >= 4 is 23.3 Å². The summed E-state index contributed by atoms with van der Waals surface area (Å²) < 4.78 is 5.50. The van der Waals surface area contributed by atoms with Gasteiger partial charge in [-0.3, -0.25) is 14.5 Å². The van der Waals surface area contributed by atoms with Crippen molar-refractivity contribution in [3.05, 3.63) is 34.9 Å². The van der Waals surface area contributed by atoms with E-state index in [4.69, 9.17) is 16.3 Å². The number of nitrogens with zero attached hydrogens (tertiary/aromatic N) is 1. The molecule has 1 saturated heterocycles. The zero-order chi connectivity index (χ0) is 19.1. The number of hydrogen-bond acceptors (Lipinski definition) is 4. The van der Waals surface area contributed by atoms with Gasteiger partial charge in [0.25, 0.3) is 0 Å². The highest BCUT2D eigenvalue weighted by atomic mass is 35.5. The number of morpholine rings is 1. The molecular weight excluding hydrogens is 364 g/mol. The van der Waals surface area contributed by atoms with E-state index in [2.05, 4.69) is 10.2 Å². The predicted molar refractivity (Wildman–Crippen MR) is 106 cm³/mol. The summed E-state index contributed by atoms with van der Waals surface area (Å²) in [5.74, 6) is -0.0714. The van der Waals surface area contributed by atoms with E-state index in [-0.39, 0.29) is 30.1 Å². The Balaban J connectivity index is 1.50. The SMILES string of the molecule is O=C(CCC(=O)c1ccc(Cl)cc1)NCC1(N2CCOCC2)CCCCC1. The molecule has 1 amide bonds. The van der Waals surface area contributed by atoms with Crippen molar-refractivity contribution in [1.82, 2.24) is 10.2 Å². The highest BCUT2D eigenvalue weighted by Gasteiger charge is 2.38. The smallest absolute Gasteiger partial charge is 0.220 e. The molecule has 27 heavy (non-hydrogen) atoms. The third kappa shape index (κ3) is 5.53. The monoisotopic (exact) mass is 392 g/mol. The lowest BCUT2D eigenvalue weighted by molar-refractivity contribution is -0.122. The minimum absolute atomic E-state index is 0.0256. The van der Waals surface area contributed by atoms with Crippen LogP contribution in [0, 0.1) is 0 Å². The summed E-state index contributed by atoms with van der Waals surface area (Å²) in [5.41, 5.74) is 0.655. The Kier molecular flexibility index (Phi) is 7.27. The van der Waals surface area contributed by atoms with Crippen LogP contribution < -0.4 is 5.32 Å². The number of ketones is 1. The lowest BCUT2D eigenvalue weighted by Gasteiger charge is -2.48. The Morgan fingerprint density at radius 1 is 1.04 bits per heavy atom. The van der Waals surface area contributed by atoms with E-state index in [0.717, 1.165) is 39.1 Å². The molecule has 2 aliphatic rings. The molecule has 0 atom stereocenters. The maximum atomic E-state index is 12.4. The fraction of sp³-hybridized carbons (Fsp3) is 0.619. The maximum absolute atomic E-state index is 12.4. The standard InChI is InChI=1S/C21H29ClN2O3/c22-18-6-4-17(5-7-18)19(25)8-9-20(26)23-16-21(10-2-1-3-11-21)24-12-14-27-15-13-24/h4-7H,1-3,8-16H2,(H,23,26). The minimum Gasteiger partial charge on any atom is -0.379 e. The van der Waals surface area contributed by atoms with Crippen molar-refractivity contribution < 1.29 is 14.3 Å². The Bertz CT molecular complexity index is 635. The van der Waals surface area contributed by atoms with Gasteiger partial charge >= 0.3 is 0 Å². The number of halogens is 1. The number of benzene rings is 1. The Hall–Kier alpha value is -1.43. The van der Waals surface area contributed by atoms with Crippen LogP contribution in [0.3, 0.4) is 0 Å². The highest BCUT2D eigenvalue weighted by Crippen LogP contribution is 2.33. The molecule has 5 nitrogen and oxygen atoms in total. The highest BCUT2D eigenvalue weighted by molar-refractivity contribution is 6.30. The number of hydrogen-bond donors (Lipinski definition) is 1. The molecule has 0 bridgehead atoms. The van der Waals surface area contributed by atoms with Crippen LogP contribution in [0.25, 0.3) is 0 Å². The number of rotatable bonds is 7. The van der Waals surface area contributed by atoms with Crippen LogP contribution >= 0.6 is 11.6 Å². The summed E-state index contributed by atoms with van der Waals surface area (Å²) in [6, 6.07) is 6.81. The van der Waals surface area contributed by atoms with Crippen molar-refractivity contribution in [1.29, 1.82) is 0 Å². The van der Waals surface area contributed by atoms with E-state index in [9.17, 15) is 9.59 Å². The molecule has 0 radical (unpaired) electrons. The molecule has 1 aromatic carbocycles. The second-order valence-electron chi connectivity index (χ2n) is 7.59. The van der Waals surface area contributed by atoms with E-state index >= 15 is 0 Å². The third-order valence-electron chi connectivity index (χ3n) is 5.83. The summed E-state index contributed by atoms with van der Waals surface area (Å²) in [4.78, 5) is 27.1. The first-order valence-electron chi connectivity index (χ1n) is 9.97. The second kappa shape index (κ2) is 9.67. The van der Waals surface area contributed by atoms with Crippen molar-refractivity contribution in [2.45, 2.75) is 50.5 Å². The number of Topliss-reactive ketones (excluding diaryl/α,β-unsaturated/α-hetero) is 1. The van der Waals surface area contributed by atoms with Gasteiger partial charge in [-0.25, -0.2) is 0 Å². The van der Waals surface area contributed by atoms with E-state index in [1.165, 1.54) is 19.3 Å². The fourth-order valence-corrected chi connectivity index (χ4v) is 4.34. The van der Waals surface area contributed by atoms with Gasteiger partial charge < -0.3 is 10.1 Å². The number of carbonyl (C=O) groups is 2. The predicted octanol–water partition coefficient (Wildman–Crippen LogP) is 3.45. The van der Waals surface area contributed by atoms with Gasteiger partial charge in [-0.2, -0.15) is 0 Å². The summed E-state index contributed by atoms with van der Waals surface area (Å²) in [6.07, 6.45) is 6.38. The van der Waals surface area contributed by atoms with Crippen LogP contribution in [-0.4, -0.2) is 55.0 Å². The molecule has 2 fully saturated rings. The Labute approximate surface area is 166 Å². The zero-order valence-corrected chi connectivity index (χ0v) is 16.6. The number of nitrogens with one attached hydrogen (secondary N) is 1.